The van der Waals surface area contributed by atoms with Crippen molar-refractivity contribution in [3.8, 4) is 0 Å². The molecular formula is C15H10F3N3O. The molecule has 1 N–H and O–H groups in total. The van der Waals surface area contributed by atoms with Gasteiger partial charge in [0.2, 0.25) is 0 Å². The summed E-state index contributed by atoms with van der Waals surface area (Å²) in [6.45, 7) is 1.82. The monoisotopic (exact) mass is 305 g/mol. The van der Waals surface area contributed by atoms with Gasteiger partial charge in [0.15, 0.2) is 17.5 Å². The van der Waals surface area contributed by atoms with Gasteiger partial charge in [-0.2, -0.15) is 0 Å². The third-order valence-corrected chi connectivity index (χ3v) is 3.11. The Bertz CT molecular complexity index is 889. The lowest BCUT2D eigenvalue weighted by Crippen LogP contribution is -2.15. The van der Waals surface area contributed by atoms with Gasteiger partial charge in [0.25, 0.3) is 5.91 Å². The van der Waals surface area contributed by atoms with E-state index >= 15 is 0 Å². The van der Waals surface area contributed by atoms with Crippen LogP contribution in [-0.2, 0) is 0 Å². The Morgan fingerprint density at radius 2 is 1.86 bits per heavy atom. The number of benzene rings is 1. The number of rotatable bonds is 2. The summed E-state index contributed by atoms with van der Waals surface area (Å²) in [4.78, 5) is 16.2. The molecule has 22 heavy (non-hydrogen) atoms. The lowest BCUT2D eigenvalue weighted by Gasteiger charge is -2.07. The number of amides is 1. The first-order valence-electron chi connectivity index (χ1n) is 6.36. The van der Waals surface area contributed by atoms with E-state index in [1.165, 1.54) is 0 Å². The number of nitrogens with zero attached hydrogens (tertiary/aromatic N) is 2. The van der Waals surface area contributed by atoms with Crippen molar-refractivity contribution in [2.24, 2.45) is 0 Å². The zero-order chi connectivity index (χ0) is 15.9. The maximum Gasteiger partial charge on any atom is 0.258 e. The summed E-state index contributed by atoms with van der Waals surface area (Å²) >= 11 is 0. The van der Waals surface area contributed by atoms with Crippen molar-refractivity contribution in [3.05, 3.63) is 65.4 Å². The van der Waals surface area contributed by atoms with E-state index < -0.39 is 28.9 Å². The van der Waals surface area contributed by atoms with E-state index in [4.69, 9.17) is 0 Å². The fraction of sp³-hybridized carbons (Fsp3) is 0.0667. The molecule has 2 aromatic heterocycles. The number of carbonyl (C=O) groups excluding carboxylic acids is 1. The molecule has 0 fully saturated rings. The van der Waals surface area contributed by atoms with Crippen molar-refractivity contribution in [2.75, 3.05) is 5.32 Å². The first-order valence-corrected chi connectivity index (χ1v) is 6.36. The highest BCUT2D eigenvalue weighted by Gasteiger charge is 2.19. The largest absolute Gasteiger partial charge is 0.321 e. The molecule has 3 aromatic rings. The van der Waals surface area contributed by atoms with Crippen LogP contribution in [0.25, 0.3) is 5.65 Å². The Morgan fingerprint density at radius 1 is 1.09 bits per heavy atom. The van der Waals surface area contributed by atoms with Crippen molar-refractivity contribution in [2.45, 2.75) is 6.92 Å². The second-order valence-corrected chi connectivity index (χ2v) is 4.74. The number of aryl methyl sites for hydroxylation is 1. The van der Waals surface area contributed by atoms with Crippen LogP contribution in [0.4, 0.5) is 18.9 Å². The van der Waals surface area contributed by atoms with Crippen LogP contribution in [-0.4, -0.2) is 15.3 Å². The summed E-state index contributed by atoms with van der Waals surface area (Å²) in [6.07, 6.45) is 3.34. The molecule has 0 saturated carbocycles. The van der Waals surface area contributed by atoms with Crippen LogP contribution in [0.2, 0.25) is 0 Å². The number of nitrogens with one attached hydrogen (secondary N) is 1. The van der Waals surface area contributed by atoms with Gasteiger partial charge in [-0.25, -0.2) is 18.2 Å². The Labute approximate surface area is 123 Å². The number of carbonyl (C=O) groups is 1. The highest BCUT2D eigenvalue weighted by molar-refractivity contribution is 6.04. The van der Waals surface area contributed by atoms with Gasteiger partial charge in [0.05, 0.1) is 16.9 Å². The molecule has 1 aromatic carbocycles. The molecule has 3 rings (SSSR count). The highest BCUT2D eigenvalue weighted by atomic mass is 19.2. The number of hydrogen-bond acceptors (Lipinski definition) is 2. The molecule has 0 atom stereocenters. The van der Waals surface area contributed by atoms with Gasteiger partial charge < -0.3 is 9.72 Å². The van der Waals surface area contributed by atoms with Crippen molar-refractivity contribution < 1.29 is 18.0 Å². The number of imidazole rings is 1. The Balaban J connectivity index is 1.91. The van der Waals surface area contributed by atoms with Gasteiger partial charge in [-0.15, -0.1) is 0 Å². The Hall–Kier alpha value is -2.83. The van der Waals surface area contributed by atoms with Crippen LogP contribution >= 0.6 is 0 Å². The second kappa shape index (κ2) is 5.18. The lowest BCUT2D eigenvalue weighted by atomic mass is 10.2. The van der Waals surface area contributed by atoms with Crippen molar-refractivity contribution in [1.82, 2.24) is 9.38 Å². The lowest BCUT2D eigenvalue weighted by molar-refractivity contribution is 0.102. The molecule has 7 heteroatoms. The summed E-state index contributed by atoms with van der Waals surface area (Å²) in [6, 6.07) is 4.85. The van der Waals surface area contributed by atoms with E-state index in [9.17, 15) is 18.0 Å². The first kappa shape index (κ1) is 14.1. The van der Waals surface area contributed by atoms with Gasteiger partial charge in [0.1, 0.15) is 5.65 Å². The number of halogens is 3. The SMILES string of the molecule is Cc1cn2cc(NC(=O)c3ccc(F)c(F)c3F)ccc2n1. The zero-order valence-corrected chi connectivity index (χ0v) is 11.4. The summed E-state index contributed by atoms with van der Waals surface area (Å²) in [5, 5.41) is 2.43. The van der Waals surface area contributed by atoms with Crippen LogP contribution in [0, 0.1) is 24.4 Å². The Kier molecular flexibility index (Phi) is 3.32. The third-order valence-electron chi connectivity index (χ3n) is 3.11. The number of aromatic nitrogens is 2. The number of anilines is 1. The van der Waals surface area contributed by atoms with Gasteiger partial charge in [-0.05, 0) is 31.2 Å². The van der Waals surface area contributed by atoms with Crippen LogP contribution in [0.15, 0.2) is 36.7 Å². The predicted molar refractivity (Wildman–Crippen MR) is 74.2 cm³/mol. The summed E-state index contributed by atoms with van der Waals surface area (Å²) in [5.74, 6) is -5.40. The van der Waals surface area contributed by atoms with E-state index in [-0.39, 0.29) is 0 Å². The highest BCUT2D eigenvalue weighted by Crippen LogP contribution is 2.17. The maximum absolute atomic E-state index is 13.6. The zero-order valence-electron chi connectivity index (χ0n) is 11.4. The van der Waals surface area contributed by atoms with E-state index in [0.29, 0.717) is 17.4 Å². The summed E-state index contributed by atoms with van der Waals surface area (Å²) in [7, 11) is 0. The van der Waals surface area contributed by atoms with Crippen molar-refractivity contribution in [3.63, 3.8) is 0 Å². The smallest absolute Gasteiger partial charge is 0.258 e. The molecule has 112 valence electrons. The molecule has 0 aliphatic heterocycles. The third kappa shape index (κ3) is 2.41. The molecule has 0 radical (unpaired) electrons. The van der Waals surface area contributed by atoms with Crippen LogP contribution < -0.4 is 5.32 Å². The van der Waals surface area contributed by atoms with Crippen LogP contribution in [0.5, 0.6) is 0 Å². The Morgan fingerprint density at radius 3 is 2.64 bits per heavy atom. The number of pyridine rings is 1. The van der Waals surface area contributed by atoms with Gasteiger partial charge >= 0.3 is 0 Å². The van der Waals surface area contributed by atoms with Gasteiger partial charge in [0, 0.05) is 12.4 Å². The maximum atomic E-state index is 13.6. The fourth-order valence-corrected chi connectivity index (χ4v) is 2.09. The average Bonchev–Trinajstić information content (AvgIpc) is 2.84. The average molecular weight is 305 g/mol. The topological polar surface area (TPSA) is 46.4 Å². The van der Waals surface area contributed by atoms with Gasteiger partial charge in [-0.3, -0.25) is 4.79 Å². The summed E-state index contributed by atoms with van der Waals surface area (Å²) in [5.41, 5.74) is 1.30. The van der Waals surface area contributed by atoms with Crippen LogP contribution in [0.1, 0.15) is 16.1 Å². The molecule has 0 spiro atoms. The second-order valence-electron chi connectivity index (χ2n) is 4.74. The number of hydrogen-bond donors (Lipinski definition) is 1. The molecule has 0 bridgehead atoms. The minimum atomic E-state index is -1.67. The van der Waals surface area contributed by atoms with Crippen molar-refractivity contribution in [1.29, 1.82) is 0 Å². The molecule has 4 nitrogen and oxygen atoms in total. The minimum absolute atomic E-state index is 0.374. The molecule has 0 aliphatic carbocycles. The standard InChI is InChI=1S/C15H10F3N3O/c1-8-6-21-7-9(2-5-12(21)19-8)20-15(22)10-3-4-11(16)14(18)13(10)17/h2-7H,1H3,(H,20,22). The molecular weight excluding hydrogens is 295 g/mol. The molecule has 0 aliphatic rings. The molecule has 0 unspecified atom stereocenters. The van der Waals surface area contributed by atoms with Gasteiger partial charge in [-0.1, -0.05) is 0 Å². The summed E-state index contributed by atoms with van der Waals surface area (Å²) < 4.78 is 41.3. The quantitative estimate of drug-likeness (QED) is 0.738. The molecule has 0 saturated heterocycles. The van der Waals surface area contributed by atoms with Crippen molar-refractivity contribution >= 4 is 17.2 Å². The predicted octanol–water partition coefficient (Wildman–Crippen LogP) is 3.31. The van der Waals surface area contributed by atoms with E-state index in [0.717, 1.165) is 11.8 Å². The van der Waals surface area contributed by atoms with Crippen LogP contribution in [0.3, 0.4) is 0 Å². The van der Waals surface area contributed by atoms with E-state index in [1.807, 2.05) is 6.92 Å². The molecule has 1 amide bonds. The normalized spacial score (nSPS) is 10.9. The van der Waals surface area contributed by atoms with E-state index in [2.05, 4.69) is 10.3 Å². The first-order chi connectivity index (χ1) is 10.5. The molecule has 2 heterocycles. The minimum Gasteiger partial charge on any atom is -0.321 e. The van der Waals surface area contributed by atoms with E-state index in [1.54, 1.807) is 28.9 Å². The fourth-order valence-electron chi connectivity index (χ4n) is 2.09. The number of fused-ring (bicyclic) bond motifs is 1.